The molecule has 4 rings (SSSR count). The second-order valence-electron chi connectivity index (χ2n) is 7.72. The lowest BCUT2D eigenvalue weighted by atomic mass is 10.1. The van der Waals surface area contributed by atoms with Crippen molar-refractivity contribution in [2.75, 3.05) is 40.7 Å². The molecule has 2 heterocycles. The van der Waals surface area contributed by atoms with E-state index in [1.54, 1.807) is 18.2 Å². The lowest BCUT2D eigenvalue weighted by Gasteiger charge is -2.24. The highest BCUT2D eigenvalue weighted by atomic mass is 35.5. The molecule has 0 saturated heterocycles. The van der Waals surface area contributed by atoms with Gasteiger partial charge in [-0.05, 0) is 60.5 Å². The molecule has 1 aliphatic heterocycles. The van der Waals surface area contributed by atoms with Crippen LogP contribution in [0.15, 0.2) is 53.4 Å². The molecule has 0 bridgehead atoms. The molecule has 0 unspecified atom stereocenters. The van der Waals surface area contributed by atoms with Gasteiger partial charge in [-0.3, -0.25) is 9.10 Å². The van der Waals surface area contributed by atoms with E-state index in [-0.39, 0.29) is 20.6 Å². The number of nitrogens with one attached hydrogen (secondary N) is 1. The van der Waals surface area contributed by atoms with Crippen molar-refractivity contribution in [3.05, 3.63) is 64.1 Å². The highest BCUT2D eigenvalue weighted by molar-refractivity contribution is 7.92. The van der Waals surface area contributed by atoms with E-state index in [2.05, 4.69) is 15.5 Å². The number of nitrogens with two attached hydrogens (primary N) is 1. The van der Waals surface area contributed by atoms with Gasteiger partial charge in [0.05, 0.1) is 10.6 Å². The summed E-state index contributed by atoms with van der Waals surface area (Å²) in [5.74, 6) is -0.0505. The fourth-order valence-corrected chi connectivity index (χ4v) is 5.92. The molecule has 0 amide bonds. The molecule has 0 aliphatic carbocycles. The van der Waals surface area contributed by atoms with Crippen LogP contribution in [0.5, 0.6) is 0 Å². The highest BCUT2D eigenvalue weighted by Gasteiger charge is 2.30. The van der Waals surface area contributed by atoms with E-state index in [9.17, 15) is 18.3 Å². The summed E-state index contributed by atoms with van der Waals surface area (Å²) in [4.78, 5) is 13.3. The van der Waals surface area contributed by atoms with Crippen LogP contribution in [-0.4, -0.2) is 55.9 Å². The van der Waals surface area contributed by atoms with Crippen LogP contribution in [0.25, 0.3) is 0 Å². The molecule has 0 fully saturated rings. The zero-order valence-corrected chi connectivity index (χ0v) is 20.7. The van der Waals surface area contributed by atoms with Crippen molar-refractivity contribution < 1.29 is 18.3 Å². The Labute approximate surface area is 212 Å². The first-order valence-electron chi connectivity index (χ1n) is 10.6. The summed E-state index contributed by atoms with van der Waals surface area (Å²) in [6.07, 6.45) is 0.613. The SMILES string of the molecule is NCCNc1ccc(N2CCc3cc(N(CC(=O)O)S(=O)(=O)c4cc(Cl)cc(Cl)c4)ccc32)nn1. The first-order chi connectivity index (χ1) is 16.7. The van der Waals surface area contributed by atoms with E-state index in [1.807, 2.05) is 17.0 Å². The van der Waals surface area contributed by atoms with Crippen molar-refractivity contribution in [1.29, 1.82) is 0 Å². The largest absolute Gasteiger partial charge is 0.480 e. The average Bonchev–Trinajstić information content (AvgIpc) is 3.24. The van der Waals surface area contributed by atoms with Crippen molar-refractivity contribution in [1.82, 2.24) is 10.2 Å². The lowest BCUT2D eigenvalue weighted by Crippen LogP contribution is -2.35. The molecule has 13 heteroatoms. The van der Waals surface area contributed by atoms with Gasteiger partial charge in [-0.1, -0.05) is 23.2 Å². The molecule has 0 radical (unpaired) electrons. The Bertz CT molecular complexity index is 1330. The molecule has 35 heavy (non-hydrogen) atoms. The van der Waals surface area contributed by atoms with Crippen molar-refractivity contribution in [3.63, 3.8) is 0 Å². The van der Waals surface area contributed by atoms with Crippen LogP contribution in [-0.2, 0) is 21.2 Å². The van der Waals surface area contributed by atoms with Gasteiger partial charge in [0.1, 0.15) is 12.4 Å². The number of sulfonamides is 1. The number of aliphatic carboxylic acids is 1. The van der Waals surface area contributed by atoms with Gasteiger partial charge >= 0.3 is 5.97 Å². The zero-order valence-electron chi connectivity index (χ0n) is 18.4. The van der Waals surface area contributed by atoms with Crippen molar-refractivity contribution in [2.45, 2.75) is 11.3 Å². The fourth-order valence-electron chi connectivity index (χ4n) is 3.79. The maximum atomic E-state index is 13.4. The minimum absolute atomic E-state index is 0.126. The van der Waals surface area contributed by atoms with Gasteiger partial charge in [0, 0.05) is 35.4 Å². The highest BCUT2D eigenvalue weighted by Crippen LogP contribution is 2.37. The van der Waals surface area contributed by atoms with E-state index in [0.29, 0.717) is 37.7 Å². The van der Waals surface area contributed by atoms with E-state index < -0.39 is 22.5 Å². The van der Waals surface area contributed by atoms with Crippen molar-refractivity contribution in [3.8, 4) is 0 Å². The third-order valence-corrected chi connectivity index (χ3v) is 7.52. The van der Waals surface area contributed by atoms with Gasteiger partial charge in [0.15, 0.2) is 5.82 Å². The monoisotopic (exact) mass is 536 g/mol. The summed E-state index contributed by atoms with van der Waals surface area (Å²) in [6, 6.07) is 12.5. The number of nitrogens with zero attached hydrogens (tertiary/aromatic N) is 4. The van der Waals surface area contributed by atoms with Crippen LogP contribution >= 0.6 is 23.2 Å². The standard InChI is InChI=1S/C22H22Cl2N6O4S/c23-15-10-16(24)12-18(11-15)35(33,34)30(13-22(31)32)17-1-2-19-14(9-17)5-8-29(19)21-4-3-20(27-28-21)26-7-6-25/h1-4,9-12H,5-8,13,25H2,(H,26,27)(H,31,32). The number of benzene rings is 2. The van der Waals surface area contributed by atoms with Gasteiger partial charge in [-0.15, -0.1) is 10.2 Å². The van der Waals surface area contributed by atoms with Crippen LogP contribution in [0, 0.1) is 0 Å². The quantitative estimate of drug-likeness (QED) is 0.375. The number of hydrogen-bond donors (Lipinski definition) is 3. The summed E-state index contributed by atoms with van der Waals surface area (Å²) >= 11 is 12.0. The number of carboxylic acid groups (broad SMARTS) is 1. The minimum atomic E-state index is -4.26. The molecular formula is C22H22Cl2N6O4S. The molecule has 3 aromatic rings. The third kappa shape index (κ3) is 5.43. The normalized spacial score (nSPS) is 12.9. The smallest absolute Gasteiger partial charge is 0.324 e. The molecule has 2 aromatic carbocycles. The number of fused-ring (bicyclic) bond motifs is 1. The van der Waals surface area contributed by atoms with Crippen molar-refractivity contribution in [2.24, 2.45) is 5.73 Å². The predicted octanol–water partition coefficient (Wildman–Crippen LogP) is 3.13. The van der Waals surface area contributed by atoms with Gasteiger partial charge in [-0.2, -0.15) is 0 Å². The Hall–Kier alpha value is -3.12. The summed E-state index contributed by atoms with van der Waals surface area (Å²) < 4.78 is 27.6. The number of aromatic nitrogens is 2. The van der Waals surface area contributed by atoms with E-state index in [0.717, 1.165) is 15.6 Å². The maximum absolute atomic E-state index is 13.4. The number of rotatable bonds is 9. The Morgan fingerprint density at radius 3 is 2.49 bits per heavy atom. The number of carbonyl (C=O) groups is 1. The second-order valence-corrected chi connectivity index (χ2v) is 10.5. The minimum Gasteiger partial charge on any atom is -0.480 e. The van der Waals surface area contributed by atoms with Crippen molar-refractivity contribution >= 4 is 62.2 Å². The first kappa shape index (κ1) is 25.0. The number of carboxylic acids is 1. The lowest BCUT2D eigenvalue weighted by molar-refractivity contribution is -0.135. The Morgan fingerprint density at radius 2 is 1.86 bits per heavy atom. The van der Waals surface area contributed by atoms with Crippen LogP contribution in [0.2, 0.25) is 10.0 Å². The molecule has 184 valence electrons. The van der Waals surface area contributed by atoms with Gasteiger partial charge in [0.2, 0.25) is 0 Å². The van der Waals surface area contributed by atoms with Crippen LogP contribution in [0.3, 0.4) is 0 Å². The van der Waals surface area contributed by atoms with Gasteiger partial charge < -0.3 is 21.1 Å². The molecule has 1 aromatic heterocycles. The van der Waals surface area contributed by atoms with Gasteiger partial charge in [0.25, 0.3) is 10.0 Å². The van der Waals surface area contributed by atoms with E-state index in [1.165, 1.54) is 18.2 Å². The molecule has 1 aliphatic rings. The first-order valence-corrected chi connectivity index (χ1v) is 12.8. The van der Waals surface area contributed by atoms with Gasteiger partial charge in [-0.25, -0.2) is 8.42 Å². The summed E-state index contributed by atoms with van der Waals surface area (Å²) in [5, 5.41) is 21.2. The molecule has 0 saturated carbocycles. The summed E-state index contributed by atoms with van der Waals surface area (Å²) in [6.45, 7) is 0.904. The predicted molar refractivity (Wildman–Crippen MR) is 135 cm³/mol. The Morgan fingerprint density at radius 1 is 1.11 bits per heavy atom. The average molecular weight is 537 g/mol. The van der Waals surface area contributed by atoms with Crippen LogP contribution in [0.1, 0.15) is 5.56 Å². The fraction of sp³-hybridized carbons (Fsp3) is 0.227. The number of hydrogen-bond acceptors (Lipinski definition) is 8. The van der Waals surface area contributed by atoms with Crippen LogP contribution in [0.4, 0.5) is 23.0 Å². The van der Waals surface area contributed by atoms with E-state index in [4.69, 9.17) is 28.9 Å². The number of halogens is 2. The summed E-state index contributed by atoms with van der Waals surface area (Å²) in [5.41, 5.74) is 7.40. The van der Waals surface area contributed by atoms with E-state index >= 15 is 0 Å². The summed E-state index contributed by atoms with van der Waals surface area (Å²) in [7, 11) is -4.26. The molecule has 0 spiro atoms. The third-order valence-electron chi connectivity index (χ3n) is 5.33. The zero-order chi connectivity index (χ0) is 25.2. The second kappa shape index (κ2) is 10.2. The molecule has 0 atom stereocenters. The van der Waals surface area contributed by atoms with Crippen LogP contribution < -0.4 is 20.3 Å². The topological polar surface area (TPSA) is 142 Å². The molecule has 10 nitrogen and oxygen atoms in total. The molecular weight excluding hydrogens is 515 g/mol. The molecule has 4 N–H and O–H groups in total. The Kier molecular flexibility index (Phi) is 7.31. The maximum Gasteiger partial charge on any atom is 0.324 e. The Balaban J connectivity index is 1.66. The number of anilines is 4.